The van der Waals surface area contributed by atoms with Crippen LogP contribution >= 0.6 is 0 Å². The van der Waals surface area contributed by atoms with Gasteiger partial charge in [0.05, 0.1) is 13.7 Å². The second-order valence-electron chi connectivity index (χ2n) is 8.27. The minimum atomic E-state index is -2.32. The molecule has 0 spiro atoms. The molecule has 2 saturated heterocycles. The lowest BCUT2D eigenvalue weighted by Crippen LogP contribution is -2.62. The first-order chi connectivity index (χ1) is 17.1. The van der Waals surface area contributed by atoms with Gasteiger partial charge in [0, 0.05) is 6.08 Å². The first-order valence-corrected chi connectivity index (χ1v) is 10.9. The Kier molecular flexibility index (Phi) is 9.23. The van der Waals surface area contributed by atoms with Crippen molar-refractivity contribution in [1.82, 2.24) is 0 Å². The highest BCUT2D eigenvalue weighted by atomic mass is 16.8. The van der Waals surface area contributed by atoms with Gasteiger partial charge in [-0.25, -0.2) is 4.79 Å². The van der Waals surface area contributed by atoms with E-state index < -0.39 is 80.6 Å². The van der Waals surface area contributed by atoms with Crippen molar-refractivity contribution < 1.29 is 69.3 Å². The fraction of sp³-hybridized carbons (Fsp3) is 0.591. The molecule has 0 bridgehead atoms. The summed E-state index contributed by atoms with van der Waals surface area (Å²) in [5.41, 5.74) is 0.510. The van der Waals surface area contributed by atoms with Crippen molar-refractivity contribution in [2.75, 3.05) is 26.9 Å². The maximum absolute atomic E-state index is 12.1. The molecule has 2 heterocycles. The Bertz CT molecular complexity index is 924. The van der Waals surface area contributed by atoms with Gasteiger partial charge in [0.15, 0.2) is 17.8 Å². The van der Waals surface area contributed by atoms with Crippen molar-refractivity contribution in [2.45, 2.75) is 54.8 Å². The zero-order valence-corrected chi connectivity index (χ0v) is 19.2. The summed E-state index contributed by atoms with van der Waals surface area (Å²) in [4.78, 5) is 12.1. The van der Waals surface area contributed by atoms with Crippen molar-refractivity contribution in [3.8, 4) is 11.5 Å². The Labute approximate surface area is 205 Å². The second kappa shape index (κ2) is 11.8. The van der Waals surface area contributed by atoms with Crippen LogP contribution in [0.1, 0.15) is 5.56 Å². The van der Waals surface area contributed by atoms with Gasteiger partial charge in [-0.3, -0.25) is 0 Å². The van der Waals surface area contributed by atoms with Gasteiger partial charge in [0.1, 0.15) is 55.9 Å². The summed E-state index contributed by atoms with van der Waals surface area (Å²) in [7, 11) is 1.36. The molecule has 14 nitrogen and oxygen atoms in total. The summed E-state index contributed by atoms with van der Waals surface area (Å²) >= 11 is 0. The average molecular weight is 518 g/mol. The molecule has 1 aromatic rings. The third-order valence-electron chi connectivity index (χ3n) is 5.90. The number of aliphatic hydroxyl groups is 7. The highest BCUT2D eigenvalue weighted by molar-refractivity contribution is 5.87. The quantitative estimate of drug-likeness (QED) is 0.118. The lowest BCUT2D eigenvalue weighted by molar-refractivity contribution is -0.383. The smallest absolute Gasteiger partial charge is 0.330 e. The predicted octanol–water partition coefficient (Wildman–Crippen LogP) is -3.42. The van der Waals surface area contributed by atoms with Crippen LogP contribution in [0.2, 0.25) is 0 Å². The average Bonchev–Trinajstić information content (AvgIpc) is 3.12. The minimum Gasteiger partial charge on any atom is -0.504 e. The number of esters is 1. The number of aromatic hydroxyl groups is 1. The molecular weight excluding hydrogens is 488 g/mol. The molecule has 9 atom stereocenters. The molecule has 8 N–H and O–H groups in total. The van der Waals surface area contributed by atoms with Crippen LogP contribution < -0.4 is 4.74 Å². The molecular formula is C22H30O14. The molecule has 0 aromatic heterocycles. The van der Waals surface area contributed by atoms with E-state index in [1.54, 1.807) is 0 Å². The number of hydrogen-bond acceptors (Lipinski definition) is 14. The third kappa shape index (κ3) is 5.78. The largest absolute Gasteiger partial charge is 0.504 e. The van der Waals surface area contributed by atoms with Gasteiger partial charge in [-0.1, -0.05) is 6.07 Å². The summed E-state index contributed by atoms with van der Waals surface area (Å²) in [5.74, 6) is -3.07. The number of aliphatic hydroxyl groups excluding tert-OH is 7. The normalized spacial score (nSPS) is 36.8. The number of carbonyl (C=O) groups excluding carboxylic acids is 1. The van der Waals surface area contributed by atoms with Crippen LogP contribution in [-0.2, 0) is 23.7 Å². The number of hydrogen-bond donors (Lipinski definition) is 8. The van der Waals surface area contributed by atoms with Gasteiger partial charge < -0.3 is 64.5 Å². The van der Waals surface area contributed by atoms with Crippen molar-refractivity contribution in [2.24, 2.45) is 0 Å². The summed E-state index contributed by atoms with van der Waals surface area (Å²) in [5, 5.41) is 79.6. The van der Waals surface area contributed by atoms with E-state index in [1.165, 1.54) is 31.4 Å². The Hall–Kier alpha value is -2.37. The van der Waals surface area contributed by atoms with Gasteiger partial charge in [-0.15, -0.1) is 0 Å². The van der Waals surface area contributed by atoms with Gasteiger partial charge in [0.2, 0.25) is 5.79 Å². The summed E-state index contributed by atoms with van der Waals surface area (Å²) in [6.45, 7) is -2.34. The van der Waals surface area contributed by atoms with Crippen LogP contribution in [0, 0.1) is 0 Å². The molecule has 2 aliphatic heterocycles. The summed E-state index contributed by atoms with van der Waals surface area (Å²) < 4.78 is 26.0. The van der Waals surface area contributed by atoms with E-state index in [0.29, 0.717) is 5.56 Å². The molecule has 202 valence electrons. The van der Waals surface area contributed by atoms with E-state index >= 15 is 0 Å². The van der Waals surface area contributed by atoms with E-state index in [2.05, 4.69) is 0 Å². The monoisotopic (exact) mass is 518 g/mol. The fourth-order valence-electron chi connectivity index (χ4n) is 3.79. The Morgan fingerprint density at radius 3 is 2.39 bits per heavy atom. The van der Waals surface area contributed by atoms with Gasteiger partial charge >= 0.3 is 5.97 Å². The Morgan fingerprint density at radius 2 is 1.78 bits per heavy atom. The first-order valence-electron chi connectivity index (χ1n) is 10.9. The molecule has 0 aliphatic carbocycles. The van der Waals surface area contributed by atoms with Gasteiger partial charge in [-0.2, -0.15) is 0 Å². The van der Waals surface area contributed by atoms with Crippen LogP contribution in [0.15, 0.2) is 24.3 Å². The van der Waals surface area contributed by atoms with Crippen LogP contribution in [0.5, 0.6) is 11.5 Å². The standard InChI is InChI=1S/C22H30O14/c1-32-12-6-10(2-4-11(12)25)3-5-15(26)33-8-14-16(27)18(29)19(30)21(34-14)36-22(9-24)20(31)17(28)13(7-23)35-22/h2-6,13-14,16-21,23-25,27-31H,7-9H2,1H3/t13-,14-,16-,17-,18+,19-,20+,21-,22+/m1/s1. The van der Waals surface area contributed by atoms with Crippen LogP contribution in [0.3, 0.4) is 0 Å². The molecule has 0 saturated carbocycles. The minimum absolute atomic E-state index is 0.0851. The number of rotatable bonds is 9. The fourth-order valence-corrected chi connectivity index (χ4v) is 3.79. The lowest BCUT2D eigenvalue weighted by Gasteiger charge is -2.43. The lowest BCUT2D eigenvalue weighted by atomic mass is 9.99. The van der Waals surface area contributed by atoms with Crippen LogP contribution in [0.4, 0.5) is 0 Å². The van der Waals surface area contributed by atoms with E-state index in [0.717, 1.165) is 6.08 Å². The Morgan fingerprint density at radius 1 is 1.06 bits per heavy atom. The van der Waals surface area contributed by atoms with E-state index in [4.69, 9.17) is 23.7 Å². The zero-order chi connectivity index (χ0) is 26.6. The topological polar surface area (TPSA) is 225 Å². The van der Waals surface area contributed by atoms with Crippen molar-refractivity contribution in [3.63, 3.8) is 0 Å². The van der Waals surface area contributed by atoms with Crippen molar-refractivity contribution >= 4 is 12.0 Å². The highest BCUT2D eigenvalue weighted by Crippen LogP contribution is 2.36. The number of carbonyl (C=O) groups is 1. The maximum Gasteiger partial charge on any atom is 0.330 e. The summed E-state index contributed by atoms with van der Waals surface area (Å²) in [6, 6.07) is 4.36. The molecule has 0 amide bonds. The maximum atomic E-state index is 12.1. The van der Waals surface area contributed by atoms with Gasteiger partial charge in [-0.05, 0) is 23.8 Å². The van der Waals surface area contributed by atoms with E-state index in [-0.39, 0.29) is 11.5 Å². The number of phenols is 1. The molecule has 2 aliphatic rings. The molecule has 2 fully saturated rings. The third-order valence-corrected chi connectivity index (χ3v) is 5.90. The SMILES string of the molecule is COc1cc(C=CC(=O)OC[C@H]2O[C@H](O[C@]3(CO)O[C@H](CO)[C@@H](O)[C@@H]3O)[C@H](O)[C@@H](O)[C@@H]2O)ccc1O. The van der Waals surface area contributed by atoms with Crippen LogP contribution in [-0.4, -0.2) is 129 Å². The zero-order valence-electron chi connectivity index (χ0n) is 19.2. The van der Waals surface area contributed by atoms with Crippen LogP contribution in [0.25, 0.3) is 6.08 Å². The second-order valence-corrected chi connectivity index (χ2v) is 8.27. The number of phenolic OH excluding ortho intramolecular Hbond substituents is 1. The number of benzene rings is 1. The van der Waals surface area contributed by atoms with Crippen molar-refractivity contribution in [1.29, 1.82) is 0 Å². The highest BCUT2D eigenvalue weighted by Gasteiger charge is 2.58. The first kappa shape index (κ1) is 28.2. The molecule has 14 heteroatoms. The predicted molar refractivity (Wildman–Crippen MR) is 116 cm³/mol. The summed E-state index contributed by atoms with van der Waals surface area (Å²) in [6.07, 6.45) is -11.1. The molecule has 0 unspecified atom stereocenters. The molecule has 1 aromatic carbocycles. The van der Waals surface area contributed by atoms with E-state index in [1.807, 2.05) is 0 Å². The van der Waals surface area contributed by atoms with E-state index in [9.17, 15) is 45.6 Å². The number of methoxy groups -OCH3 is 1. The molecule has 0 radical (unpaired) electrons. The molecule has 36 heavy (non-hydrogen) atoms. The Balaban J connectivity index is 1.64. The molecule has 3 rings (SSSR count). The van der Waals surface area contributed by atoms with Crippen molar-refractivity contribution in [3.05, 3.63) is 29.8 Å². The van der Waals surface area contributed by atoms with Gasteiger partial charge in [0.25, 0.3) is 0 Å². The number of ether oxygens (including phenoxy) is 5.